The fourth-order valence-electron chi connectivity index (χ4n) is 3.27. The van der Waals surface area contributed by atoms with Gasteiger partial charge in [0.05, 0.1) is 20.3 Å². The zero-order chi connectivity index (χ0) is 21.3. The predicted octanol–water partition coefficient (Wildman–Crippen LogP) is 4.42. The molecule has 156 valence electrons. The van der Waals surface area contributed by atoms with Gasteiger partial charge in [-0.3, -0.25) is 4.79 Å². The molecule has 0 bridgehead atoms. The van der Waals surface area contributed by atoms with E-state index in [0.29, 0.717) is 12.2 Å². The van der Waals surface area contributed by atoms with E-state index in [9.17, 15) is 9.90 Å². The molecule has 2 atom stereocenters. The second-order valence-electron chi connectivity index (χ2n) is 7.02. The maximum absolute atomic E-state index is 12.8. The summed E-state index contributed by atoms with van der Waals surface area (Å²) in [5.74, 6) is 1.24. The van der Waals surface area contributed by atoms with Crippen LogP contribution in [-0.4, -0.2) is 31.2 Å². The molecule has 0 aliphatic rings. The van der Waals surface area contributed by atoms with E-state index in [-0.39, 0.29) is 12.2 Å². The Morgan fingerprint density at radius 3 is 2.00 bits per heavy atom. The van der Waals surface area contributed by atoms with Crippen LogP contribution >= 0.6 is 0 Å². The monoisotopic (exact) mass is 405 g/mol. The number of hydrogen-bond acceptors (Lipinski definition) is 5. The molecule has 0 unspecified atom stereocenters. The molecule has 0 fully saturated rings. The highest BCUT2D eigenvalue weighted by molar-refractivity contribution is 5.84. The Morgan fingerprint density at radius 2 is 1.43 bits per heavy atom. The van der Waals surface area contributed by atoms with Gasteiger partial charge in [-0.05, 0) is 53.9 Å². The summed E-state index contributed by atoms with van der Waals surface area (Å²) in [6.07, 6.45) is -0.333. The summed E-state index contributed by atoms with van der Waals surface area (Å²) >= 11 is 0. The van der Waals surface area contributed by atoms with Crippen LogP contribution in [0.25, 0.3) is 0 Å². The third-order valence-corrected chi connectivity index (χ3v) is 5.04. The lowest BCUT2D eigenvalue weighted by Crippen LogP contribution is -2.33. The lowest BCUT2D eigenvalue weighted by Gasteiger charge is -2.25. The fraction of sp³-hybridized carbons (Fsp3) is 0.240. The number of hydrogen-bond donors (Lipinski definition) is 2. The summed E-state index contributed by atoms with van der Waals surface area (Å²) in [4.78, 5) is 12.8. The summed E-state index contributed by atoms with van der Waals surface area (Å²) in [7, 11) is 3.21. The van der Waals surface area contributed by atoms with Crippen molar-refractivity contribution < 1.29 is 19.4 Å². The smallest absolute Gasteiger partial charge is 0.164 e. The number of aryl methyl sites for hydroxylation is 1. The lowest BCUT2D eigenvalue weighted by atomic mass is 9.95. The van der Waals surface area contributed by atoms with Gasteiger partial charge in [0.1, 0.15) is 17.6 Å². The summed E-state index contributed by atoms with van der Waals surface area (Å²) in [6.45, 7) is 0. The highest BCUT2D eigenvalue weighted by atomic mass is 16.5. The molecule has 0 saturated heterocycles. The molecule has 0 radical (unpaired) electrons. The number of anilines is 1. The summed E-state index contributed by atoms with van der Waals surface area (Å²) in [5, 5.41) is 14.2. The first-order valence-electron chi connectivity index (χ1n) is 9.90. The average molecular weight is 405 g/mol. The molecular formula is C25H27NO4. The minimum Gasteiger partial charge on any atom is -0.497 e. The molecule has 3 rings (SSSR count). The van der Waals surface area contributed by atoms with Gasteiger partial charge in [-0.25, -0.2) is 0 Å². The van der Waals surface area contributed by atoms with Crippen molar-refractivity contribution in [1.82, 2.24) is 0 Å². The van der Waals surface area contributed by atoms with E-state index < -0.39 is 12.1 Å². The van der Waals surface area contributed by atoms with Gasteiger partial charge in [0.15, 0.2) is 5.78 Å². The van der Waals surface area contributed by atoms with E-state index in [4.69, 9.17) is 9.47 Å². The number of rotatable bonds is 10. The molecule has 0 amide bonds. The van der Waals surface area contributed by atoms with E-state index >= 15 is 0 Å². The Kier molecular flexibility index (Phi) is 7.46. The third-order valence-electron chi connectivity index (χ3n) is 5.04. The van der Waals surface area contributed by atoms with Crippen LogP contribution in [0.1, 0.15) is 23.6 Å². The first-order chi connectivity index (χ1) is 14.6. The van der Waals surface area contributed by atoms with Crippen molar-refractivity contribution in [2.45, 2.75) is 25.0 Å². The topological polar surface area (TPSA) is 67.8 Å². The van der Waals surface area contributed by atoms with E-state index in [1.807, 2.05) is 78.9 Å². The number of Topliss-reactive ketones (excluding diaryl/α,β-unsaturated/α-hetero) is 1. The van der Waals surface area contributed by atoms with E-state index in [1.165, 1.54) is 0 Å². The number of ether oxygens (including phenoxy) is 2. The molecule has 3 aromatic rings. The van der Waals surface area contributed by atoms with Crippen molar-refractivity contribution in [3.05, 3.63) is 90.0 Å². The number of methoxy groups -OCH3 is 2. The Bertz CT molecular complexity index is 924. The molecular weight excluding hydrogens is 378 g/mol. The molecule has 0 saturated carbocycles. The second kappa shape index (κ2) is 10.5. The first-order valence-corrected chi connectivity index (χ1v) is 9.90. The highest BCUT2D eigenvalue weighted by Gasteiger charge is 2.27. The predicted molar refractivity (Wildman–Crippen MR) is 118 cm³/mol. The van der Waals surface area contributed by atoms with Gasteiger partial charge in [-0.15, -0.1) is 0 Å². The first kappa shape index (κ1) is 21.4. The molecule has 2 N–H and O–H groups in total. The Balaban J connectivity index is 1.78. The number of carbonyl (C=O) groups excluding carboxylic acids is 1. The molecule has 0 spiro atoms. The number of aliphatic hydroxyl groups is 1. The van der Waals surface area contributed by atoms with Crippen molar-refractivity contribution >= 4 is 11.5 Å². The maximum atomic E-state index is 12.8. The number of nitrogens with one attached hydrogen (secondary N) is 1. The standard InChI is InChI=1S/C25H27NO4/c1-29-21-13-9-19(10-14-21)24(26-20-11-15-22(30-2)16-12-20)25(28)23(27)17-8-18-6-4-3-5-7-18/h3-7,9-16,24-26,28H,8,17H2,1-2H3/t24-,25-/m1/s1. The van der Waals surface area contributed by atoms with Gasteiger partial charge in [-0.2, -0.15) is 0 Å². The van der Waals surface area contributed by atoms with Gasteiger partial charge >= 0.3 is 0 Å². The van der Waals surface area contributed by atoms with E-state index in [1.54, 1.807) is 14.2 Å². The van der Waals surface area contributed by atoms with Crippen molar-refractivity contribution in [3.8, 4) is 11.5 Å². The SMILES string of the molecule is COc1ccc(N[C@H](c2ccc(OC)cc2)[C@H](O)C(=O)CCc2ccccc2)cc1. The Morgan fingerprint density at radius 1 is 0.867 bits per heavy atom. The van der Waals surface area contributed by atoms with Gasteiger partial charge in [0, 0.05) is 12.1 Å². The fourth-order valence-corrected chi connectivity index (χ4v) is 3.27. The quantitative estimate of drug-likeness (QED) is 0.523. The van der Waals surface area contributed by atoms with Crippen LogP contribution < -0.4 is 14.8 Å². The van der Waals surface area contributed by atoms with Crippen LogP contribution in [0.15, 0.2) is 78.9 Å². The third kappa shape index (κ3) is 5.61. The number of carbonyl (C=O) groups is 1. The van der Waals surface area contributed by atoms with Crippen LogP contribution in [0.5, 0.6) is 11.5 Å². The highest BCUT2D eigenvalue weighted by Crippen LogP contribution is 2.27. The number of aliphatic hydroxyl groups excluding tert-OH is 1. The van der Waals surface area contributed by atoms with Crippen LogP contribution in [0.2, 0.25) is 0 Å². The largest absolute Gasteiger partial charge is 0.497 e. The maximum Gasteiger partial charge on any atom is 0.164 e. The second-order valence-corrected chi connectivity index (χ2v) is 7.02. The van der Waals surface area contributed by atoms with Crippen molar-refractivity contribution in [2.75, 3.05) is 19.5 Å². The van der Waals surface area contributed by atoms with Crippen LogP contribution in [0.4, 0.5) is 5.69 Å². The van der Waals surface area contributed by atoms with E-state index in [0.717, 1.165) is 22.6 Å². The molecule has 3 aromatic carbocycles. The Hall–Kier alpha value is -3.31. The number of ketones is 1. The molecule has 0 aromatic heterocycles. The zero-order valence-electron chi connectivity index (χ0n) is 17.2. The van der Waals surface area contributed by atoms with Crippen molar-refractivity contribution in [1.29, 1.82) is 0 Å². The molecule has 5 nitrogen and oxygen atoms in total. The van der Waals surface area contributed by atoms with Crippen molar-refractivity contribution in [2.24, 2.45) is 0 Å². The molecule has 0 aliphatic heterocycles. The number of benzene rings is 3. The van der Waals surface area contributed by atoms with Gasteiger partial charge in [-0.1, -0.05) is 42.5 Å². The minimum atomic E-state index is -1.19. The average Bonchev–Trinajstić information content (AvgIpc) is 2.81. The molecule has 0 aliphatic carbocycles. The Labute approximate surface area is 177 Å². The van der Waals surface area contributed by atoms with Crippen LogP contribution in [-0.2, 0) is 11.2 Å². The normalized spacial score (nSPS) is 12.6. The van der Waals surface area contributed by atoms with E-state index in [2.05, 4.69) is 5.32 Å². The summed E-state index contributed by atoms with van der Waals surface area (Å²) in [5.41, 5.74) is 2.65. The molecule has 0 heterocycles. The summed E-state index contributed by atoms with van der Waals surface area (Å²) < 4.78 is 10.4. The lowest BCUT2D eigenvalue weighted by molar-refractivity contribution is -0.127. The summed E-state index contributed by atoms with van der Waals surface area (Å²) in [6, 6.07) is 23.9. The molecule has 30 heavy (non-hydrogen) atoms. The van der Waals surface area contributed by atoms with Gasteiger partial charge in [0.2, 0.25) is 0 Å². The van der Waals surface area contributed by atoms with Crippen LogP contribution in [0.3, 0.4) is 0 Å². The van der Waals surface area contributed by atoms with Gasteiger partial charge in [0.25, 0.3) is 0 Å². The van der Waals surface area contributed by atoms with Crippen LogP contribution in [0, 0.1) is 0 Å². The van der Waals surface area contributed by atoms with Gasteiger partial charge < -0.3 is 19.9 Å². The molecule has 5 heteroatoms. The minimum absolute atomic E-state index is 0.208. The van der Waals surface area contributed by atoms with Crippen molar-refractivity contribution in [3.63, 3.8) is 0 Å². The zero-order valence-corrected chi connectivity index (χ0v) is 17.2.